The van der Waals surface area contributed by atoms with Gasteiger partial charge in [0, 0.05) is 25.6 Å². The topological polar surface area (TPSA) is 67.6 Å². The molecule has 0 bridgehead atoms. The third-order valence-electron chi connectivity index (χ3n) is 4.70. The number of nitrogens with zero attached hydrogens (tertiary/aromatic N) is 2. The molecule has 0 spiro atoms. The van der Waals surface area contributed by atoms with E-state index in [4.69, 9.17) is 9.15 Å². The van der Waals surface area contributed by atoms with Gasteiger partial charge >= 0.3 is 0 Å². The van der Waals surface area contributed by atoms with Crippen LogP contribution in [0, 0.1) is 5.92 Å². The van der Waals surface area contributed by atoms with Crippen molar-refractivity contribution in [2.45, 2.75) is 45.8 Å². The summed E-state index contributed by atoms with van der Waals surface area (Å²) in [5.41, 5.74) is 0.950. The highest BCUT2D eigenvalue weighted by atomic mass is 32.1. The molecular formula is C20H29N3O3S. The minimum atomic E-state index is 0.117. The molecular weight excluding hydrogens is 362 g/mol. The van der Waals surface area contributed by atoms with E-state index in [2.05, 4.69) is 15.2 Å². The van der Waals surface area contributed by atoms with Crippen molar-refractivity contribution in [1.29, 1.82) is 0 Å². The summed E-state index contributed by atoms with van der Waals surface area (Å²) in [6, 6.07) is 4.01. The fourth-order valence-corrected chi connectivity index (χ4v) is 3.88. The molecule has 7 heteroatoms. The molecule has 1 N–H and O–H groups in total. The fourth-order valence-electron chi connectivity index (χ4n) is 3.22. The van der Waals surface area contributed by atoms with Crippen LogP contribution in [0.1, 0.15) is 38.8 Å². The molecule has 1 aliphatic heterocycles. The Bertz CT molecular complexity index is 691. The van der Waals surface area contributed by atoms with Gasteiger partial charge in [-0.1, -0.05) is 6.07 Å². The van der Waals surface area contributed by atoms with Gasteiger partial charge in [-0.15, -0.1) is 11.3 Å². The molecule has 0 radical (unpaired) electrons. The SMILES string of the molecule is CC(C)OCCCNC(=O)C1CCN(Cc2coc(-c3cccs3)n2)CC1. The number of hydrogen-bond acceptors (Lipinski definition) is 6. The molecule has 148 valence electrons. The summed E-state index contributed by atoms with van der Waals surface area (Å²) >= 11 is 1.63. The zero-order valence-electron chi connectivity index (χ0n) is 16.1. The highest BCUT2D eigenvalue weighted by Gasteiger charge is 2.25. The second kappa shape index (κ2) is 10.0. The van der Waals surface area contributed by atoms with E-state index in [0.29, 0.717) is 19.0 Å². The van der Waals surface area contributed by atoms with E-state index in [9.17, 15) is 4.79 Å². The van der Waals surface area contributed by atoms with Gasteiger partial charge in [-0.3, -0.25) is 9.69 Å². The Morgan fingerprint density at radius 2 is 2.26 bits per heavy atom. The average molecular weight is 392 g/mol. The first-order valence-corrected chi connectivity index (χ1v) is 10.6. The summed E-state index contributed by atoms with van der Waals surface area (Å²) in [4.78, 5) is 20.3. The van der Waals surface area contributed by atoms with Crippen molar-refractivity contribution in [2.75, 3.05) is 26.2 Å². The van der Waals surface area contributed by atoms with Crippen LogP contribution in [0.4, 0.5) is 0 Å². The lowest BCUT2D eigenvalue weighted by atomic mass is 9.96. The van der Waals surface area contributed by atoms with Crippen molar-refractivity contribution in [3.8, 4) is 10.8 Å². The number of aromatic nitrogens is 1. The Balaban J connectivity index is 1.36. The van der Waals surface area contributed by atoms with E-state index in [1.807, 2.05) is 31.4 Å². The molecule has 1 amide bonds. The van der Waals surface area contributed by atoms with Gasteiger partial charge in [0.1, 0.15) is 6.26 Å². The van der Waals surface area contributed by atoms with Crippen molar-refractivity contribution in [3.05, 3.63) is 29.5 Å². The van der Waals surface area contributed by atoms with Crippen LogP contribution in [0.3, 0.4) is 0 Å². The molecule has 2 aromatic heterocycles. The van der Waals surface area contributed by atoms with Crippen molar-refractivity contribution in [3.63, 3.8) is 0 Å². The number of rotatable bonds is 9. The second-order valence-corrected chi connectivity index (χ2v) is 8.18. The lowest BCUT2D eigenvalue weighted by Crippen LogP contribution is -2.40. The molecule has 0 saturated carbocycles. The number of piperidine rings is 1. The van der Waals surface area contributed by atoms with Crippen LogP contribution >= 0.6 is 11.3 Å². The van der Waals surface area contributed by atoms with E-state index in [-0.39, 0.29) is 17.9 Å². The van der Waals surface area contributed by atoms with Gasteiger partial charge in [0.25, 0.3) is 0 Å². The van der Waals surface area contributed by atoms with E-state index in [0.717, 1.165) is 49.5 Å². The zero-order valence-corrected chi connectivity index (χ0v) is 17.0. The van der Waals surface area contributed by atoms with Gasteiger partial charge in [0.15, 0.2) is 0 Å². The van der Waals surface area contributed by atoms with Crippen LogP contribution < -0.4 is 5.32 Å². The van der Waals surface area contributed by atoms with Crippen molar-refractivity contribution in [2.24, 2.45) is 5.92 Å². The Morgan fingerprint density at radius 3 is 2.96 bits per heavy atom. The summed E-state index contributed by atoms with van der Waals surface area (Å²) in [5.74, 6) is 0.989. The number of ether oxygens (including phenoxy) is 1. The molecule has 0 aliphatic carbocycles. The molecule has 1 aliphatic rings. The Labute approximate surface area is 164 Å². The second-order valence-electron chi connectivity index (χ2n) is 7.24. The highest BCUT2D eigenvalue weighted by molar-refractivity contribution is 7.13. The number of hydrogen-bond donors (Lipinski definition) is 1. The molecule has 3 rings (SSSR count). The van der Waals surface area contributed by atoms with Crippen molar-refractivity contribution in [1.82, 2.24) is 15.2 Å². The van der Waals surface area contributed by atoms with E-state index in [1.165, 1.54) is 0 Å². The van der Waals surface area contributed by atoms with Crippen LogP contribution in [0.25, 0.3) is 10.8 Å². The van der Waals surface area contributed by atoms with E-state index in [1.54, 1.807) is 17.6 Å². The highest BCUT2D eigenvalue weighted by Crippen LogP contribution is 2.25. The van der Waals surface area contributed by atoms with Gasteiger partial charge in [-0.2, -0.15) is 0 Å². The van der Waals surface area contributed by atoms with Crippen LogP contribution in [0.2, 0.25) is 0 Å². The average Bonchev–Trinajstić information content (AvgIpc) is 3.33. The zero-order chi connectivity index (χ0) is 19.1. The molecule has 1 saturated heterocycles. The molecule has 6 nitrogen and oxygen atoms in total. The molecule has 3 heterocycles. The molecule has 0 atom stereocenters. The maximum Gasteiger partial charge on any atom is 0.236 e. The number of thiophene rings is 1. The minimum absolute atomic E-state index is 0.117. The lowest BCUT2D eigenvalue weighted by Gasteiger charge is -2.30. The predicted octanol–water partition coefficient (Wildman–Crippen LogP) is 3.55. The lowest BCUT2D eigenvalue weighted by molar-refractivity contribution is -0.126. The van der Waals surface area contributed by atoms with Crippen LogP contribution in [0.15, 0.2) is 28.2 Å². The number of carbonyl (C=O) groups is 1. The third kappa shape index (κ3) is 6.16. The van der Waals surface area contributed by atoms with E-state index < -0.39 is 0 Å². The first kappa shape index (κ1) is 20.0. The predicted molar refractivity (Wildman–Crippen MR) is 107 cm³/mol. The summed E-state index contributed by atoms with van der Waals surface area (Å²) < 4.78 is 11.1. The first-order chi connectivity index (χ1) is 13.1. The summed E-state index contributed by atoms with van der Waals surface area (Å²) in [5, 5.41) is 5.07. The summed E-state index contributed by atoms with van der Waals surface area (Å²) in [6.07, 6.45) is 4.64. The third-order valence-corrected chi connectivity index (χ3v) is 5.56. The summed E-state index contributed by atoms with van der Waals surface area (Å²) in [7, 11) is 0. The number of nitrogens with one attached hydrogen (secondary N) is 1. The smallest absolute Gasteiger partial charge is 0.236 e. The Morgan fingerprint density at radius 1 is 1.44 bits per heavy atom. The van der Waals surface area contributed by atoms with Crippen LogP contribution in [-0.2, 0) is 16.1 Å². The number of amides is 1. The van der Waals surface area contributed by atoms with Crippen molar-refractivity contribution < 1.29 is 13.9 Å². The normalized spacial score (nSPS) is 16.1. The fraction of sp³-hybridized carbons (Fsp3) is 0.600. The van der Waals surface area contributed by atoms with Gasteiger partial charge in [-0.25, -0.2) is 4.98 Å². The molecule has 1 fully saturated rings. The first-order valence-electron chi connectivity index (χ1n) is 9.72. The van der Waals surface area contributed by atoms with Gasteiger partial charge in [0.05, 0.1) is 16.7 Å². The number of carbonyl (C=O) groups excluding carboxylic acids is 1. The van der Waals surface area contributed by atoms with Gasteiger partial charge < -0.3 is 14.5 Å². The molecule has 2 aromatic rings. The van der Waals surface area contributed by atoms with Crippen molar-refractivity contribution >= 4 is 17.2 Å². The molecule has 0 aromatic carbocycles. The number of likely N-dealkylation sites (tertiary alicyclic amines) is 1. The van der Waals surface area contributed by atoms with Gasteiger partial charge in [-0.05, 0) is 57.6 Å². The quantitative estimate of drug-likeness (QED) is 0.662. The summed E-state index contributed by atoms with van der Waals surface area (Å²) in [6.45, 7) is 8.03. The maximum absolute atomic E-state index is 12.3. The minimum Gasteiger partial charge on any atom is -0.444 e. The monoisotopic (exact) mass is 391 g/mol. The molecule has 0 unspecified atom stereocenters. The van der Waals surface area contributed by atoms with Crippen LogP contribution in [-0.4, -0.2) is 48.1 Å². The Hall–Kier alpha value is -1.70. The molecule has 27 heavy (non-hydrogen) atoms. The standard InChI is InChI=1S/C20H29N3O3S/c1-15(2)25-11-4-8-21-19(24)16-6-9-23(10-7-16)13-17-14-26-20(22-17)18-5-3-12-27-18/h3,5,12,14-16H,4,6-11,13H2,1-2H3,(H,21,24). The van der Waals surface area contributed by atoms with E-state index >= 15 is 0 Å². The maximum atomic E-state index is 12.3. The number of oxazole rings is 1. The Kier molecular flexibility index (Phi) is 7.43. The largest absolute Gasteiger partial charge is 0.444 e. The van der Waals surface area contributed by atoms with Gasteiger partial charge in [0.2, 0.25) is 11.8 Å². The van der Waals surface area contributed by atoms with Crippen LogP contribution in [0.5, 0.6) is 0 Å².